The summed E-state index contributed by atoms with van der Waals surface area (Å²) in [6, 6.07) is 15.7. The van der Waals surface area contributed by atoms with Gasteiger partial charge in [-0.2, -0.15) is 0 Å². The molecule has 1 aromatic heterocycles. The number of amides is 1. The van der Waals surface area contributed by atoms with Gasteiger partial charge >= 0.3 is 5.69 Å². The Morgan fingerprint density at radius 2 is 1.91 bits per heavy atom. The molecule has 1 aliphatic rings. The first-order valence-corrected chi connectivity index (χ1v) is 11.6. The van der Waals surface area contributed by atoms with Crippen molar-refractivity contribution < 1.29 is 14.3 Å². The summed E-state index contributed by atoms with van der Waals surface area (Å²) < 4.78 is 12.8. The van der Waals surface area contributed by atoms with Crippen LogP contribution in [-0.2, 0) is 24.3 Å². The third-order valence-electron chi connectivity index (χ3n) is 5.23. The van der Waals surface area contributed by atoms with E-state index >= 15 is 0 Å². The molecule has 4 rings (SSSR count). The summed E-state index contributed by atoms with van der Waals surface area (Å²) in [6.07, 6.45) is 0.715. The molecule has 0 unspecified atom stereocenters. The number of nitrogens with one attached hydrogen (secondary N) is 1. The summed E-state index contributed by atoms with van der Waals surface area (Å²) in [4.78, 5) is 26.8. The Hall–Kier alpha value is -3.20. The van der Waals surface area contributed by atoms with Crippen molar-refractivity contribution in [1.82, 2.24) is 19.7 Å². The molecule has 2 heterocycles. The predicted octanol–water partition coefficient (Wildman–Crippen LogP) is 2.73. The maximum atomic E-state index is 12.9. The topological polar surface area (TPSA) is 89.5 Å². The lowest BCUT2D eigenvalue weighted by atomic mass is 10.1. The van der Waals surface area contributed by atoms with Crippen LogP contribution in [0.25, 0.3) is 0 Å². The number of aromatic nitrogens is 3. The van der Waals surface area contributed by atoms with Gasteiger partial charge in [-0.15, -0.1) is 5.10 Å². The monoisotopic (exact) mass is 454 g/mol. The number of aromatic amines is 1. The van der Waals surface area contributed by atoms with Gasteiger partial charge in [0.05, 0.1) is 5.75 Å². The molecule has 0 saturated carbocycles. The van der Waals surface area contributed by atoms with Crippen LogP contribution in [0.2, 0.25) is 0 Å². The van der Waals surface area contributed by atoms with E-state index in [1.807, 2.05) is 55.5 Å². The molecule has 0 atom stereocenters. The molecule has 1 N–H and O–H groups in total. The number of carbonyl (C=O) groups is 1. The summed E-state index contributed by atoms with van der Waals surface area (Å²) >= 11 is 1.27. The Bertz CT molecular complexity index is 1110. The largest absolute Gasteiger partial charge is 0.486 e. The van der Waals surface area contributed by atoms with E-state index in [2.05, 4.69) is 10.2 Å². The molecule has 2 aromatic carbocycles. The minimum Gasteiger partial charge on any atom is -0.486 e. The summed E-state index contributed by atoms with van der Waals surface area (Å²) in [5.74, 6) is 1.63. The molecule has 1 amide bonds. The van der Waals surface area contributed by atoms with E-state index < -0.39 is 0 Å². The number of hydrogen-bond acceptors (Lipinski definition) is 6. The number of nitrogens with zero attached hydrogens (tertiary/aromatic N) is 3. The van der Waals surface area contributed by atoms with E-state index in [0.29, 0.717) is 50.2 Å². The van der Waals surface area contributed by atoms with Crippen LogP contribution in [0.5, 0.6) is 11.5 Å². The highest BCUT2D eigenvalue weighted by Crippen LogP contribution is 2.31. The maximum Gasteiger partial charge on any atom is 0.343 e. The molecule has 32 heavy (non-hydrogen) atoms. The highest BCUT2D eigenvalue weighted by molar-refractivity contribution is 7.99. The van der Waals surface area contributed by atoms with E-state index in [4.69, 9.17) is 9.47 Å². The highest BCUT2D eigenvalue weighted by Gasteiger charge is 2.18. The summed E-state index contributed by atoms with van der Waals surface area (Å²) in [5, 5.41) is 7.12. The van der Waals surface area contributed by atoms with Crippen molar-refractivity contribution >= 4 is 17.7 Å². The molecule has 1 aliphatic heterocycles. The average Bonchev–Trinajstić information content (AvgIpc) is 3.19. The number of aryl methyl sites for hydroxylation is 1. The Labute approximate surface area is 190 Å². The third-order valence-corrected chi connectivity index (χ3v) is 6.19. The standard InChI is InChI=1S/C23H26N4O4S/c1-2-26(15-18-8-9-19-20(14-18)31-13-12-30-19)21(28)16-32-23-25-24-22(29)27(23)11-10-17-6-4-3-5-7-17/h3-9,14H,2,10-13,15-16H2,1H3,(H,24,29). The SMILES string of the molecule is CCN(Cc1ccc2c(c1)OCCO2)C(=O)CSc1n[nH]c(=O)n1CCc1ccccc1. The molecule has 0 fully saturated rings. The average molecular weight is 455 g/mol. The van der Waals surface area contributed by atoms with Crippen LogP contribution in [-0.4, -0.2) is 51.1 Å². The van der Waals surface area contributed by atoms with Crippen LogP contribution >= 0.6 is 11.8 Å². The van der Waals surface area contributed by atoms with E-state index in [9.17, 15) is 9.59 Å². The minimum absolute atomic E-state index is 0.0163. The Morgan fingerprint density at radius 3 is 2.69 bits per heavy atom. The molecule has 0 bridgehead atoms. The van der Waals surface area contributed by atoms with Gasteiger partial charge in [-0.05, 0) is 36.6 Å². The van der Waals surface area contributed by atoms with Crippen molar-refractivity contribution in [2.24, 2.45) is 0 Å². The molecule has 0 spiro atoms. The molecule has 8 nitrogen and oxygen atoms in total. The second-order valence-corrected chi connectivity index (χ2v) is 8.32. The molecule has 3 aromatic rings. The van der Waals surface area contributed by atoms with Crippen LogP contribution in [0.3, 0.4) is 0 Å². The van der Waals surface area contributed by atoms with Gasteiger partial charge in [0.1, 0.15) is 13.2 Å². The second-order valence-electron chi connectivity index (χ2n) is 7.37. The summed E-state index contributed by atoms with van der Waals surface area (Å²) in [6.45, 7) is 4.59. The van der Waals surface area contributed by atoms with Crippen LogP contribution in [0.1, 0.15) is 18.1 Å². The minimum atomic E-state index is -0.264. The van der Waals surface area contributed by atoms with Crippen LogP contribution in [0.15, 0.2) is 58.5 Å². The smallest absolute Gasteiger partial charge is 0.343 e. The molecular formula is C23H26N4O4S. The van der Waals surface area contributed by atoms with E-state index in [-0.39, 0.29) is 17.3 Å². The number of benzene rings is 2. The zero-order valence-electron chi connectivity index (χ0n) is 18.0. The van der Waals surface area contributed by atoms with Crippen molar-refractivity contribution in [3.8, 4) is 11.5 Å². The van der Waals surface area contributed by atoms with Gasteiger partial charge in [0.15, 0.2) is 16.7 Å². The maximum absolute atomic E-state index is 12.9. The first-order valence-electron chi connectivity index (χ1n) is 10.6. The fraction of sp³-hybridized carbons (Fsp3) is 0.348. The first-order chi connectivity index (χ1) is 15.6. The number of fused-ring (bicyclic) bond motifs is 1. The lowest BCUT2D eigenvalue weighted by molar-refractivity contribution is -0.128. The summed E-state index contributed by atoms with van der Waals surface area (Å²) in [7, 11) is 0. The van der Waals surface area contributed by atoms with E-state index in [1.54, 1.807) is 9.47 Å². The van der Waals surface area contributed by atoms with Crippen molar-refractivity contribution in [3.63, 3.8) is 0 Å². The third kappa shape index (κ3) is 5.34. The van der Waals surface area contributed by atoms with Gasteiger partial charge in [0.25, 0.3) is 0 Å². The normalized spacial score (nSPS) is 12.5. The van der Waals surface area contributed by atoms with Crippen molar-refractivity contribution in [2.45, 2.75) is 31.6 Å². The molecule has 168 valence electrons. The predicted molar refractivity (Wildman–Crippen MR) is 122 cm³/mol. The second kappa shape index (κ2) is 10.4. The zero-order valence-corrected chi connectivity index (χ0v) is 18.8. The van der Waals surface area contributed by atoms with Crippen LogP contribution < -0.4 is 15.2 Å². The Kier molecular flexibility index (Phi) is 7.16. The fourth-order valence-electron chi connectivity index (χ4n) is 3.50. The molecule has 9 heteroatoms. The lowest BCUT2D eigenvalue weighted by Crippen LogP contribution is -2.32. The van der Waals surface area contributed by atoms with Crippen LogP contribution in [0, 0.1) is 0 Å². The number of thioether (sulfide) groups is 1. The van der Waals surface area contributed by atoms with Gasteiger partial charge in [-0.3, -0.25) is 9.36 Å². The number of rotatable bonds is 9. The van der Waals surface area contributed by atoms with E-state index in [0.717, 1.165) is 16.9 Å². The molecular weight excluding hydrogens is 428 g/mol. The molecule has 0 aliphatic carbocycles. The Balaban J connectivity index is 1.36. The number of ether oxygens (including phenoxy) is 2. The fourth-order valence-corrected chi connectivity index (χ4v) is 4.37. The van der Waals surface area contributed by atoms with Crippen molar-refractivity contribution in [1.29, 1.82) is 0 Å². The van der Waals surface area contributed by atoms with Gasteiger partial charge in [0.2, 0.25) is 5.91 Å². The van der Waals surface area contributed by atoms with Gasteiger partial charge < -0.3 is 14.4 Å². The van der Waals surface area contributed by atoms with Gasteiger partial charge in [-0.1, -0.05) is 48.2 Å². The molecule has 0 saturated heterocycles. The highest BCUT2D eigenvalue weighted by atomic mass is 32.2. The number of carbonyl (C=O) groups excluding carboxylic acids is 1. The van der Waals surface area contributed by atoms with Crippen molar-refractivity contribution in [3.05, 3.63) is 70.1 Å². The van der Waals surface area contributed by atoms with Crippen molar-refractivity contribution in [2.75, 3.05) is 25.5 Å². The lowest BCUT2D eigenvalue weighted by Gasteiger charge is -2.23. The number of hydrogen-bond donors (Lipinski definition) is 1. The van der Waals surface area contributed by atoms with E-state index in [1.165, 1.54) is 11.8 Å². The van der Waals surface area contributed by atoms with Crippen LogP contribution in [0.4, 0.5) is 0 Å². The Morgan fingerprint density at radius 1 is 1.12 bits per heavy atom. The zero-order chi connectivity index (χ0) is 22.3. The van der Waals surface area contributed by atoms with Gasteiger partial charge in [-0.25, -0.2) is 9.89 Å². The molecule has 0 radical (unpaired) electrons. The first kappa shape index (κ1) is 22.0. The quantitative estimate of drug-likeness (QED) is 0.500. The summed E-state index contributed by atoms with van der Waals surface area (Å²) in [5.41, 5.74) is 1.86. The number of H-pyrrole nitrogens is 1. The van der Waals surface area contributed by atoms with Gasteiger partial charge in [0, 0.05) is 19.6 Å².